The molecule has 3 fully saturated rings. The van der Waals surface area contributed by atoms with Gasteiger partial charge >= 0.3 is 0 Å². The molecule has 84 heavy (non-hydrogen) atoms. The predicted octanol–water partition coefficient (Wildman–Crippen LogP) is -5.02. The molecule has 0 radical (unpaired) electrons. The highest BCUT2D eigenvalue weighted by atomic mass is 16.7. The van der Waals surface area contributed by atoms with Crippen LogP contribution in [0, 0.1) is 23.2 Å². The van der Waals surface area contributed by atoms with Crippen LogP contribution >= 0.6 is 0 Å². The summed E-state index contributed by atoms with van der Waals surface area (Å²) in [4.78, 5) is 37.7. The number of aliphatic hydroxyl groups excluding tert-OH is 9. The van der Waals surface area contributed by atoms with Crippen molar-refractivity contribution in [3.8, 4) is 0 Å². The van der Waals surface area contributed by atoms with E-state index in [0.717, 1.165) is 0 Å². The molecule has 0 spiro atoms. The summed E-state index contributed by atoms with van der Waals surface area (Å²) in [7, 11) is 0. The van der Waals surface area contributed by atoms with Gasteiger partial charge in [0.1, 0.15) is 42.4 Å². The van der Waals surface area contributed by atoms with E-state index in [-0.39, 0.29) is 175 Å². The first kappa shape index (κ1) is 75.9. The van der Waals surface area contributed by atoms with Crippen LogP contribution in [0.3, 0.4) is 0 Å². The van der Waals surface area contributed by atoms with Gasteiger partial charge in [0.05, 0.1) is 183 Å². The molecule has 0 aromatic carbocycles. The third kappa shape index (κ3) is 30.2. The van der Waals surface area contributed by atoms with Gasteiger partial charge in [-0.3, -0.25) is 14.4 Å². The smallest absolute Gasteiger partial charge is 0.222 e. The molecule has 12 N–H and O–H groups in total. The topological polar surface area (TPSA) is 408 Å². The Hall–Kier alpha value is -2.39. The van der Waals surface area contributed by atoms with Crippen molar-refractivity contribution < 1.29 is 131 Å². The highest BCUT2D eigenvalue weighted by molar-refractivity contribution is 5.80. The maximum Gasteiger partial charge on any atom is 0.222 e. The van der Waals surface area contributed by atoms with Crippen molar-refractivity contribution in [2.75, 3.05) is 185 Å². The minimum atomic E-state index is -1.20. The summed E-state index contributed by atoms with van der Waals surface area (Å²) >= 11 is 0. The molecule has 2 amide bonds. The summed E-state index contributed by atoms with van der Waals surface area (Å²) in [6, 6.07) is 0. The van der Waals surface area contributed by atoms with Crippen LogP contribution in [0.1, 0.15) is 47.0 Å². The molecule has 0 aromatic heterocycles. The standard InChI is InChI=1S/C54H101N3O27/c1-36-45(64)48(67)40(30-58)82-51(36)79-26-23-73-20-17-70-14-8-55-29-39(61)5-11-76-33-54(4,34-77-12-6-43(62)56-9-15-71-18-21-74-24-27-80-52-37(2)46(65)49(68)41(31-59)83-52)35-78-13-7-44(63)57-10-16-72-19-22-75-25-28-81-53-38(3)47(66)50(69)42(32-60)84-53/h36-38,40-42,45-53,55,58-60,64-69H,5-35H2,1-4H3,(H,56,62)(H,57,63). The maximum atomic E-state index is 12.6. The number of ether oxygens (including phenoxy) is 15. The largest absolute Gasteiger partial charge is 0.394 e. The summed E-state index contributed by atoms with van der Waals surface area (Å²) in [6.07, 6.45) is -11.8. The number of amides is 2. The van der Waals surface area contributed by atoms with Crippen molar-refractivity contribution in [3.05, 3.63) is 0 Å². The van der Waals surface area contributed by atoms with Gasteiger partial charge in [0, 0.05) is 62.1 Å². The molecular formula is C54H101N3O27. The molecular weight excluding hydrogens is 1120 g/mol. The van der Waals surface area contributed by atoms with E-state index in [9.17, 15) is 60.3 Å². The monoisotopic (exact) mass is 1220 g/mol. The minimum Gasteiger partial charge on any atom is -0.394 e. The maximum absolute atomic E-state index is 12.6. The zero-order chi connectivity index (χ0) is 61.5. The Labute approximate surface area is 492 Å². The number of hydrogen-bond donors (Lipinski definition) is 12. The molecule has 15 unspecified atom stereocenters. The molecule has 0 aliphatic carbocycles. The summed E-state index contributed by atoms with van der Waals surface area (Å²) in [5.74, 6) is -2.06. The van der Waals surface area contributed by atoms with Gasteiger partial charge in [-0.2, -0.15) is 0 Å². The lowest BCUT2D eigenvalue weighted by molar-refractivity contribution is -0.284. The Bertz CT molecular complexity index is 1620. The lowest BCUT2D eigenvalue weighted by Gasteiger charge is -2.40. The van der Waals surface area contributed by atoms with Crippen molar-refractivity contribution in [2.24, 2.45) is 23.2 Å². The van der Waals surface area contributed by atoms with E-state index in [4.69, 9.17) is 71.1 Å². The van der Waals surface area contributed by atoms with E-state index in [1.807, 2.05) is 6.92 Å². The first-order valence-electron chi connectivity index (χ1n) is 29.1. The van der Waals surface area contributed by atoms with Gasteiger partial charge in [-0.25, -0.2) is 0 Å². The predicted molar refractivity (Wildman–Crippen MR) is 292 cm³/mol. The van der Waals surface area contributed by atoms with Crippen LogP contribution in [0.2, 0.25) is 0 Å². The van der Waals surface area contributed by atoms with E-state index in [0.29, 0.717) is 26.4 Å². The second-order valence-corrected chi connectivity index (χ2v) is 21.1. The molecule has 0 bridgehead atoms. The molecule has 30 nitrogen and oxygen atoms in total. The van der Waals surface area contributed by atoms with Crippen LogP contribution in [0.5, 0.6) is 0 Å². The molecule has 15 atom stereocenters. The highest BCUT2D eigenvalue weighted by Gasteiger charge is 2.44. The van der Waals surface area contributed by atoms with Crippen molar-refractivity contribution >= 4 is 17.6 Å². The summed E-state index contributed by atoms with van der Waals surface area (Å²) in [6.45, 7) is 11.1. The summed E-state index contributed by atoms with van der Waals surface area (Å²) in [5.41, 5.74) is -0.707. The summed E-state index contributed by atoms with van der Waals surface area (Å²) < 4.78 is 84.3. The number of carbonyl (C=O) groups excluding carboxylic acids is 3. The Morgan fingerprint density at radius 1 is 0.393 bits per heavy atom. The average molecular weight is 1220 g/mol. The zero-order valence-electron chi connectivity index (χ0n) is 49.5. The number of carbonyl (C=O) groups is 3. The minimum absolute atomic E-state index is 0.0676. The molecule has 3 aliphatic heterocycles. The van der Waals surface area contributed by atoms with Crippen LogP contribution in [-0.4, -0.2) is 322 Å². The quantitative estimate of drug-likeness (QED) is 0.0254. The molecule has 0 saturated carbocycles. The molecule has 3 rings (SSSR count). The van der Waals surface area contributed by atoms with Crippen LogP contribution in [-0.2, 0) is 85.4 Å². The third-order valence-corrected chi connectivity index (χ3v) is 13.9. The SMILES string of the molecule is CC1C(OCCOCCOCCNCC(=O)CCOCC(C)(COCCC(=O)NCCOCCOCCOC2OC(CO)C(O)C(O)C2C)COCCC(=O)NCCOCCOCCOC2OC(CO)C(O)C(O)C2C)OC(CO)C(O)C1O. The van der Waals surface area contributed by atoms with E-state index in [1.54, 1.807) is 20.8 Å². The van der Waals surface area contributed by atoms with E-state index in [1.165, 1.54) is 0 Å². The van der Waals surface area contributed by atoms with Gasteiger partial charge in [-0.05, 0) is 0 Å². The van der Waals surface area contributed by atoms with Crippen molar-refractivity contribution in [1.29, 1.82) is 0 Å². The zero-order valence-corrected chi connectivity index (χ0v) is 49.5. The first-order chi connectivity index (χ1) is 40.5. The van der Waals surface area contributed by atoms with Gasteiger partial charge in [0.2, 0.25) is 11.8 Å². The van der Waals surface area contributed by atoms with E-state index in [2.05, 4.69) is 16.0 Å². The second-order valence-electron chi connectivity index (χ2n) is 21.1. The fraction of sp³-hybridized carbons (Fsp3) is 0.944. The molecule has 3 saturated heterocycles. The lowest BCUT2D eigenvalue weighted by Crippen LogP contribution is -2.55. The Balaban J connectivity index is 1.26. The fourth-order valence-corrected chi connectivity index (χ4v) is 8.63. The number of ketones is 1. The molecule has 30 heteroatoms. The molecule has 0 aromatic rings. The Kier molecular flexibility index (Phi) is 40.6. The highest BCUT2D eigenvalue weighted by Crippen LogP contribution is 2.29. The van der Waals surface area contributed by atoms with E-state index < -0.39 is 117 Å². The Morgan fingerprint density at radius 3 is 1.02 bits per heavy atom. The molecule has 494 valence electrons. The van der Waals surface area contributed by atoms with Crippen molar-refractivity contribution in [2.45, 2.75) is 121 Å². The van der Waals surface area contributed by atoms with Crippen LogP contribution in [0.25, 0.3) is 0 Å². The van der Waals surface area contributed by atoms with Crippen molar-refractivity contribution in [3.63, 3.8) is 0 Å². The number of Topliss-reactive ketones (excluding diaryl/α,β-unsaturated/α-hetero) is 1. The second kappa shape index (κ2) is 44.9. The summed E-state index contributed by atoms with van der Waals surface area (Å²) in [5, 5.41) is 97.2. The normalized spacial score (nSPS) is 28.9. The van der Waals surface area contributed by atoms with Gasteiger partial charge in [-0.1, -0.05) is 27.7 Å². The number of aliphatic hydroxyl groups is 9. The van der Waals surface area contributed by atoms with Gasteiger partial charge in [-0.15, -0.1) is 0 Å². The Morgan fingerprint density at radius 2 is 0.690 bits per heavy atom. The van der Waals surface area contributed by atoms with E-state index >= 15 is 0 Å². The molecule has 3 heterocycles. The number of nitrogens with one attached hydrogen (secondary N) is 3. The third-order valence-electron chi connectivity index (χ3n) is 13.9. The fourth-order valence-electron chi connectivity index (χ4n) is 8.63. The van der Waals surface area contributed by atoms with Gasteiger partial charge < -0.3 is 133 Å². The number of hydrogen-bond acceptors (Lipinski definition) is 28. The first-order valence-corrected chi connectivity index (χ1v) is 29.1. The number of rotatable bonds is 50. The lowest BCUT2D eigenvalue weighted by atomic mass is 9.92. The van der Waals surface area contributed by atoms with Gasteiger partial charge in [0.15, 0.2) is 18.9 Å². The van der Waals surface area contributed by atoms with Crippen LogP contribution in [0.4, 0.5) is 0 Å². The van der Waals surface area contributed by atoms with Gasteiger partial charge in [0.25, 0.3) is 0 Å². The van der Waals surface area contributed by atoms with Crippen molar-refractivity contribution in [1.82, 2.24) is 16.0 Å². The van der Waals surface area contributed by atoms with Crippen LogP contribution in [0.15, 0.2) is 0 Å². The average Bonchev–Trinajstić information content (AvgIpc) is 3.69. The molecule has 3 aliphatic rings. The van der Waals surface area contributed by atoms with Crippen LogP contribution < -0.4 is 16.0 Å².